The highest BCUT2D eigenvalue weighted by Gasteiger charge is 2.07. The Kier molecular flexibility index (Phi) is 3.79. The highest BCUT2D eigenvalue weighted by atomic mass is 79.9. The van der Waals surface area contributed by atoms with Crippen molar-refractivity contribution in [3.8, 4) is 5.75 Å². The molecule has 1 aromatic rings. The molecule has 0 aliphatic carbocycles. The van der Waals surface area contributed by atoms with Crippen LogP contribution >= 0.6 is 15.9 Å². The lowest BCUT2D eigenvalue weighted by Gasteiger charge is -2.12. The zero-order valence-electron chi connectivity index (χ0n) is 8.23. The largest absolute Gasteiger partial charge is 0.494 e. The molecule has 1 aromatic carbocycles. The molecule has 0 amide bonds. The molecule has 0 bridgehead atoms. The Bertz CT molecular complexity index is 281. The summed E-state index contributed by atoms with van der Waals surface area (Å²) in [6, 6.07) is 6.08. The first-order chi connectivity index (χ1) is 6.15. The maximum atomic E-state index is 5.51. The van der Waals surface area contributed by atoms with E-state index >= 15 is 0 Å². The van der Waals surface area contributed by atoms with E-state index in [-0.39, 0.29) is 0 Å². The number of halogens is 1. The number of hydrogen-bond donors (Lipinski definition) is 0. The molecule has 1 nitrogen and oxygen atoms in total. The average Bonchev–Trinajstić information content (AvgIpc) is 2.08. The topological polar surface area (TPSA) is 9.23 Å². The quantitative estimate of drug-likeness (QED) is 0.783. The van der Waals surface area contributed by atoms with Crippen molar-refractivity contribution in [2.45, 2.75) is 20.8 Å². The molecule has 1 radical (unpaired) electrons. The van der Waals surface area contributed by atoms with Gasteiger partial charge < -0.3 is 4.74 Å². The molecule has 71 valence electrons. The smallest absolute Gasteiger partial charge is 0.123 e. The Morgan fingerprint density at radius 3 is 2.62 bits per heavy atom. The Morgan fingerprint density at radius 2 is 2.08 bits per heavy atom. The van der Waals surface area contributed by atoms with E-state index in [2.05, 4.69) is 35.8 Å². The van der Waals surface area contributed by atoms with Gasteiger partial charge in [0.2, 0.25) is 0 Å². The second-order valence-electron chi connectivity index (χ2n) is 3.07. The minimum absolute atomic E-state index is 0.710. The van der Waals surface area contributed by atoms with Crippen LogP contribution in [-0.2, 0) is 0 Å². The van der Waals surface area contributed by atoms with E-state index in [4.69, 9.17) is 4.74 Å². The summed E-state index contributed by atoms with van der Waals surface area (Å²) in [5.74, 6) is 2.23. The molecule has 0 aliphatic heterocycles. The van der Waals surface area contributed by atoms with E-state index in [1.165, 1.54) is 11.5 Å². The molecule has 0 aliphatic rings. The van der Waals surface area contributed by atoms with E-state index in [0.29, 0.717) is 6.61 Å². The van der Waals surface area contributed by atoms with Gasteiger partial charge in [-0.1, -0.05) is 29.8 Å². The SMILES string of the molecule is CCOc1ccc(Br)cc1[C](C)C. The summed E-state index contributed by atoms with van der Waals surface area (Å²) in [5.41, 5.74) is 1.18. The maximum absolute atomic E-state index is 5.51. The summed E-state index contributed by atoms with van der Waals surface area (Å²) in [5, 5.41) is 0. The van der Waals surface area contributed by atoms with E-state index in [1.807, 2.05) is 19.1 Å². The van der Waals surface area contributed by atoms with E-state index in [1.54, 1.807) is 0 Å². The van der Waals surface area contributed by atoms with Crippen LogP contribution in [-0.4, -0.2) is 6.61 Å². The Balaban J connectivity index is 3.03. The molecule has 0 atom stereocenters. The summed E-state index contributed by atoms with van der Waals surface area (Å²) in [4.78, 5) is 0. The average molecular weight is 242 g/mol. The number of hydrogen-bond acceptors (Lipinski definition) is 1. The highest BCUT2D eigenvalue weighted by Crippen LogP contribution is 2.28. The number of rotatable bonds is 3. The van der Waals surface area contributed by atoms with Crippen molar-refractivity contribution in [2.24, 2.45) is 0 Å². The Labute approximate surface area is 88.2 Å². The van der Waals surface area contributed by atoms with Gasteiger partial charge in [0.05, 0.1) is 6.61 Å². The van der Waals surface area contributed by atoms with Gasteiger partial charge in [0.15, 0.2) is 0 Å². The van der Waals surface area contributed by atoms with Gasteiger partial charge in [-0.25, -0.2) is 0 Å². The Hall–Kier alpha value is -0.500. The lowest BCUT2D eigenvalue weighted by atomic mass is 10.0. The molecule has 0 N–H and O–H groups in total. The van der Waals surface area contributed by atoms with Crippen LogP contribution in [0, 0.1) is 5.92 Å². The fourth-order valence-electron chi connectivity index (χ4n) is 1.17. The molecule has 0 aromatic heterocycles. The lowest BCUT2D eigenvalue weighted by molar-refractivity contribution is 0.337. The van der Waals surface area contributed by atoms with E-state index in [0.717, 1.165) is 10.2 Å². The van der Waals surface area contributed by atoms with Crippen molar-refractivity contribution >= 4 is 15.9 Å². The van der Waals surface area contributed by atoms with Gasteiger partial charge in [-0.3, -0.25) is 0 Å². The van der Waals surface area contributed by atoms with Crippen LogP contribution in [0.3, 0.4) is 0 Å². The highest BCUT2D eigenvalue weighted by molar-refractivity contribution is 9.10. The van der Waals surface area contributed by atoms with Gasteiger partial charge >= 0.3 is 0 Å². The molecule has 0 spiro atoms. The molecule has 1 rings (SSSR count). The summed E-state index contributed by atoms with van der Waals surface area (Å²) in [6.07, 6.45) is 0. The van der Waals surface area contributed by atoms with Crippen LogP contribution < -0.4 is 4.74 Å². The fraction of sp³-hybridized carbons (Fsp3) is 0.364. The summed E-state index contributed by atoms with van der Waals surface area (Å²) >= 11 is 3.45. The predicted molar refractivity (Wildman–Crippen MR) is 59.0 cm³/mol. The normalized spacial score (nSPS) is 10.5. The molecule has 0 saturated heterocycles. The number of ether oxygens (including phenoxy) is 1. The minimum Gasteiger partial charge on any atom is -0.494 e. The van der Waals surface area contributed by atoms with Gasteiger partial charge in [-0.05, 0) is 25.1 Å². The molecule has 0 heterocycles. The van der Waals surface area contributed by atoms with Gasteiger partial charge in [-0.2, -0.15) is 0 Å². The van der Waals surface area contributed by atoms with Crippen LogP contribution in [0.1, 0.15) is 26.3 Å². The van der Waals surface area contributed by atoms with Crippen molar-refractivity contribution in [3.63, 3.8) is 0 Å². The first kappa shape index (κ1) is 10.6. The molecule has 0 unspecified atom stereocenters. The molecule has 0 saturated carbocycles. The fourth-order valence-corrected chi connectivity index (χ4v) is 1.54. The third-order valence-corrected chi connectivity index (χ3v) is 2.27. The van der Waals surface area contributed by atoms with Crippen molar-refractivity contribution in [1.29, 1.82) is 0 Å². The second kappa shape index (κ2) is 4.66. The summed E-state index contributed by atoms with van der Waals surface area (Å²) in [7, 11) is 0. The second-order valence-corrected chi connectivity index (χ2v) is 3.99. The van der Waals surface area contributed by atoms with Crippen molar-refractivity contribution in [2.75, 3.05) is 6.61 Å². The van der Waals surface area contributed by atoms with Gasteiger partial charge in [-0.15, -0.1) is 0 Å². The van der Waals surface area contributed by atoms with E-state index in [9.17, 15) is 0 Å². The standard InChI is InChI=1S/C11H14BrO/c1-4-13-11-6-5-9(12)7-10(11)8(2)3/h5-7H,4H2,1-3H3. The van der Waals surface area contributed by atoms with Crippen LogP contribution in [0.4, 0.5) is 0 Å². The third-order valence-electron chi connectivity index (χ3n) is 1.78. The molecule has 13 heavy (non-hydrogen) atoms. The van der Waals surface area contributed by atoms with E-state index < -0.39 is 0 Å². The Morgan fingerprint density at radius 1 is 1.38 bits per heavy atom. The first-order valence-electron chi connectivity index (χ1n) is 4.38. The monoisotopic (exact) mass is 241 g/mol. The lowest BCUT2D eigenvalue weighted by Crippen LogP contribution is -1.98. The van der Waals surface area contributed by atoms with Gasteiger partial charge in [0.1, 0.15) is 5.75 Å². The molecular formula is C11H14BrO. The summed E-state index contributed by atoms with van der Waals surface area (Å²) < 4.78 is 6.60. The zero-order valence-corrected chi connectivity index (χ0v) is 9.81. The van der Waals surface area contributed by atoms with Crippen molar-refractivity contribution in [3.05, 3.63) is 34.2 Å². The van der Waals surface area contributed by atoms with Crippen molar-refractivity contribution < 1.29 is 4.74 Å². The molecule has 0 fully saturated rings. The molecule has 2 heteroatoms. The van der Waals surface area contributed by atoms with Crippen LogP contribution in [0.5, 0.6) is 5.75 Å². The number of benzene rings is 1. The molecular weight excluding hydrogens is 228 g/mol. The van der Waals surface area contributed by atoms with Crippen LogP contribution in [0.15, 0.2) is 22.7 Å². The van der Waals surface area contributed by atoms with Gasteiger partial charge in [0.25, 0.3) is 0 Å². The minimum atomic E-state index is 0.710. The first-order valence-corrected chi connectivity index (χ1v) is 5.17. The predicted octanol–water partition coefficient (Wildman–Crippen LogP) is 3.81. The van der Waals surface area contributed by atoms with Crippen molar-refractivity contribution in [1.82, 2.24) is 0 Å². The maximum Gasteiger partial charge on any atom is 0.123 e. The zero-order chi connectivity index (χ0) is 9.84. The summed E-state index contributed by atoms with van der Waals surface area (Å²) in [6.45, 7) is 6.88. The third kappa shape index (κ3) is 2.73. The van der Waals surface area contributed by atoms with Crippen LogP contribution in [0.25, 0.3) is 0 Å². The van der Waals surface area contributed by atoms with Gasteiger partial charge in [0, 0.05) is 16.0 Å². The van der Waals surface area contributed by atoms with Crippen LogP contribution in [0.2, 0.25) is 0 Å².